The molecular formula is C20H21BrN2O6S. The zero-order valence-corrected chi connectivity index (χ0v) is 19.0. The van der Waals surface area contributed by atoms with Crippen LogP contribution in [0.5, 0.6) is 0 Å². The van der Waals surface area contributed by atoms with Gasteiger partial charge in [-0.3, -0.25) is 9.69 Å². The molecule has 0 heterocycles. The first-order chi connectivity index (χ1) is 13.9. The predicted octanol–water partition coefficient (Wildman–Crippen LogP) is 4.19. The molecule has 0 radical (unpaired) electrons. The quantitative estimate of drug-likeness (QED) is 0.628. The standard InChI is InChI=1S/C19H19BrN2O4S.CH2O2/c1-19(2,3)26-18(23)22(17-10-9-14(12-21)11-16(17)20)13-27(24,25)15-7-5-4-6-8-15;2-1-3/h4-11H,13H2,1-3H3;1H,(H,2,3). The smallest absolute Gasteiger partial charge is 0.415 e. The fourth-order valence-corrected chi connectivity index (χ4v) is 4.10. The summed E-state index contributed by atoms with van der Waals surface area (Å²) in [6, 6.07) is 14.4. The Morgan fingerprint density at radius 2 is 1.80 bits per heavy atom. The maximum absolute atomic E-state index is 12.8. The van der Waals surface area contributed by atoms with Gasteiger partial charge in [-0.1, -0.05) is 18.2 Å². The van der Waals surface area contributed by atoms with Crippen LogP contribution in [0, 0.1) is 11.3 Å². The van der Waals surface area contributed by atoms with Crippen LogP contribution in [0.1, 0.15) is 26.3 Å². The maximum Gasteiger partial charge on any atom is 0.415 e. The number of amides is 1. The van der Waals surface area contributed by atoms with Gasteiger partial charge in [0.05, 0.1) is 22.2 Å². The number of rotatable bonds is 4. The van der Waals surface area contributed by atoms with Crippen molar-refractivity contribution in [3.8, 4) is 6.07 Å². The Labute approximate surface area is 183 Å². The summed E-state index contributed by atoms with van der Waals surface area (Å²) >= 11 is 3.30. The number of hydrogen-bond acceptors (Lipinski definition) is 6. The van der Waals surface area contributed by atoms with Gasteiger partial charge in [0.25, 0.3) is 6.47 Å². The normalized spacial score (nSPS) is 10.8. The molecule has 0 aliphatic carbocycles. The first-order valence-corrected chi connectivity index (χ1v) is 11.0. The second kappa shape index (κ2) is 10.8. The molecular weight excluding hydrogens is 476 g/mol. The summed E-state index contributed by atoms with van der Waals surface area (Å²) in [5, 5.41) is 15.9. The fourth-order valence-electron chi connectivity index (χ4n) is 2.21. The van der Waals surface area contributed by atoms with Crippen molar-refractivity contribution in [1.29, 1.82) is 5.26 Å². The van der Waals surface area contributed by atoms with E-state index in [2.05, 4.69) is 15.9 Å². The Morgan fingerprint density at radius 3 is 2.27 bits per heavy atom. The number of hydrogen-bond donors (Lipinski definition) is 1. The molecule has 0 aliphatic rings. The molecule has 0 spiro atoms. The van der Waals surface area contributed by atoms with Crippen LogP contribution in [0.15, 0.2) is 57.9 Å². The van der Waals surface area contributed by atoms with Crippen molar-refractivity contribution in [2.45, 2.75) is 31.3 Å². The Morgan fingerprint density at radius 1 is 1.23 bits per heavy atom. The van der Waals surface area contributed by atoms with E-state index in [0.717, 1.165) is 4.90 Å². The van der Waals surface area contributed by atoms with Crippen LogP contribution in [0.25, 0.3) is 0 Å². The summed E-state index contributed by atoms with van der Waals surface area (Å²) in [6.45, 7) is 4.84. The number of carboxylic acid groups (broad SMARTS) is 1. The van der Waals surface area contributed by atoms with Crippen molar-refractivity contribution >= 4 is 44.0 Å². The number of sulfone groups is 1. The highest BCUT2D eigenvalue weighted by Crippen LogP contribution is 2.30. The van der Waals surface area contributed by atoms with Gasteiger partial charge in [0.15, 0.2) is 9.84 Å². The molecule has 0 atom stereocenters. The van der Waals surface area contributed by atoms with Crippen LogP contribution in [-0.2, 0) is 19.4 Å². The van der Waals surface area contributed by atoms with Gasteiger partial charge >= 0.3 is 6.09 Å². The van der Waals surface area contributed by atoms with E-state index < -0.39 is 27.4 Å². The van der Waals surface area contributed by atoms with E-state index in [0.29, 0.717) is 15.7 Å². The van der Waals surface area contributed by atoms with Gasteiger partial charge in [-0.15, -0.1) is 0 Å². The van der Waals surface area contributed by atoms with Crippen molar-refractivity contribution in [1.82, 2.24) is 0 Å². The van der Waals surface area contributed by atoms with Gasteiger partial charge in [-0.2, -0.15) is 5.26 Å². The summed E-state index contributed by atoms with van der Waals surface area (Å²) in [4.78, 5) is 22.2. The Hall–Kier alpha value is -2.90. The molecule has 0 aromatic heterocycles. The number of halogens is 1. The van der Waals surface area contributed by atoms with Gasteiger partial charge in [-0.25, -0.2) is 13.2 Å². The minimum Gasteiger partial charge on any atom is -0.483 e. The van der Waals surface area contributed by atoms with E-state index >= 15 is 0 Å². The molecule has 0 bridgehead atoms. The third kappa shape index (κ3) is 7.50. The van der Waals surface area contributed by atoms with E-state index in [1.165, 1.54) is 30.3 Å². The van der Waals surface area contributed by atoms with Gasteiger partial charge in [-0.05, 0) is 67.0 Å². The van der Waals surface area contributed by atoms with Crippen molar-refractivity contribution in [3.05, 3.63) is 58.6 Å². The van der Waals surface area contributed by atoms with Crippen LogP contribution in [-0.4, -0.2) is 37.6 Å². The lowest BCUT2D eigenvalue weighted by molar-refractivity contribution is -0.122. The lowest BCUT2D eigenvalue weighted by Crippen LogP contribution is -2.40. The average molecular weight is 497 g/mol. The fraction of sp³-hybridized carbons (Fsp3) is 0.250. The van der Waals surface area contributed by atoms with Crippen molar-refractivity contribution in [3.63, 3.8) is 0 Å². The zero-order chi connectivity index (χ0) is 22.9. The summed E-state index contributed by atoms with van der Waals surface area (Å²) < 4.78 is 31.4. The largest absolute Gasteiger partial charge is 0.483 e. The molecule has 0 aliphatic heterocycles. The molecule has 0 fully saturated rings. The second-order valence-electron chi connectivity index (χ2n) is 6.85. The summed E-state index contributed by atoms with van der Waals surface area (Å²) in [5.41, 5.74) is -0.131. The number of ether oxygens (including phenoxy) is 1. The molecule has 8 nitrogen and oxygen atoms in total. The Bertz CT molecular complexity index is 1030. The van der Waals surface area contributed by atoms with Crippen molar-refractivity contribution in [2.24, 2.45) is 0 Å². The highest BCUT2D eigenvalue weighted by molar-refractivity contribution is 9.10. The molecule has 2 aromatic carbocycles. The minimum absolute atomic E-state index is 0.100. The summed E-state index contributed by atoms with van der Waals surface area (Å²) in [5.74, 6) is -0.601. The summed E-state index contributed by atoms with van der Waals surface area (Å²) in [6.07, 6.45) is -0.799. The third-order valence-electron chi connectivity index (χ3n) is 3.38. The molecule has 1 amide bonds. The van der Waals surface area contributed by atoms with Crippen molar-refractivity contribution in [2.75, 3.05) is 10.8 Å². The molecule has 2 aromatic rings. The number of benzene rings is 2. The number of carbonyl (C=O) groups is 2. The Balaban J connectivity index is 0.00000141. The zero-order valence-electron chi connectivity index (χ0n) is 16.6. The first-order valence-electron chi connectivity index (χ1n) is 8.51. The predicted molar refractivity (Wildman–Crippen MR) is 115 cm³/mol. The SMILES string of the molecule is CC(C)(C)OC(=O)N(CS(=O)(=O)c1ccccc1)c1ccc(C#N)cc1Br.O=CO. The van der Waals surface area contributed by atoms with Crippen molar-refractivity contribution < 1.29 is 27.9 Å². The topological polar surface area (TPSA) is 125 Å². The number of nitriles is 1. The maximum atomic E-state index is 12.8. The molecule has 1 N–H and O–H groups in total. The first kappa shape index (κ1) is 25.1. The van der Waals surface area contributed by atoms with E-state index in [1.54, 1.807) is 39.0 Å². The van der Waals surface area contributed by atoms with Crippen LogP contribution in [0.4, 0.5) is 10.5 Å². The average Bonchev–Trinajstić information content (AvgIpc) is 2.66. The van der Waals surface area contributed by atoms with Gasteiger partial charge < -0.3 is 9.84 Å². The van der Waals surface area contributed by atoms with Gasteiger partial charge in [0.1, 0.15) is 11.5 Å². The van der Waals surface area contributed by atoms with Gasteiger partial charge in [0, 0.05) is 4.47 Å². The molecule has 0 saturated carbocycles. The third-order valence-corrected chi connectivity index (χ3v) is 5.61. The molecule has 2 rings (SSSR count). The van der Waals surface area contributed by atoms with E-state index in [1.807, 2.05) is 6.07 Å². The number of anilines is 1. The summed E-state index contributed by atoms with van der Waals surface area (Å²) in [7, 11) is -3.80. The van der Waals surface area contributed by atoms with E-state index in [9.17, 15) is 13.2 Å². The number of nitrogens with zero attached hydrogens (tertiary/aromatic N) is 2. The van der Waals surface area contributed by atoms with Gasteiger partial charge in [0.2, 0.25) is 0 Å². The molecule has 10 heteroatoms. The van der Waals surface area contributed by atoms with E-state index in [-0.39, 0.29) is 11.4 Å². The number of carbonyl (C=O) groups excluding carboxylic acids is 1. The monoisotopic (exact) mass is 496 g/mol. The second-order valence-corrected chi connectivity index (χ2v) is 9.66. The molecule has 30 heavy (non-hydrogen) atoms. The highest BCUT2D eigenvalue weighted by Gasteiger charge is 2.30. The molecule has 0 saturated heterocycles. The molecule has 0 unspecified atom stereocenters. The van der Waals surface area contributed by atoms with Crippen LogP contribution in [0.2, 0.25) is 0 Å². The van der Waals surface area contributed by atoms with Crippen LogP contribution < -0.4 is 4.90 Å². The van der Waals surface area contributed by atoms with Crippen LogP contribution >= 0.6 is 15.9 Å². The van der Waals surface area contributed by atoms with Crippen LogP contribution in [0.3, 0.4) is 0 Å². The highest BCUT2D eigenvalue weighted by atomic mass is 79.9. The Kier molecular flexibility index (Phi) is 9.01. The van der Waals surface area contributed by atoms with E-state index in [4.69, 9.17) is 19.9 Å². The lowest BCUT2D eigenvalue weighted by atomic mass is 10.2. The molecule has 160 valence electrons. The minimum atomic E-state index is -3.80. The lowest BCUT2D eigenvalue weighted by Gasteiger charge is -2.28.